The van der Waals surface area contributed by atoms with Crippen LogP contribution in [0.5, 0.6) is 0 Å². The van der Waals surface area contributed by atoms with E-state index < -0.39 is 0 Å². The third kappa shape index (κ3) is 3.78. The highest BCUT2D eigenvalue weighted by Crippen LogP contribution is 2.21. The van der Waals surface area contributed by atoms with Crippen molar-refractivity contribution in [2.24, 2.45) is 7.05 Å². The Morgan fingerprint density at radius 3 is 2.07 bits per heavy atom. The summed E-state index contributed by atoms with van der Waals surface area (Å²) in [5.74, 6) is -0.497. The van der Waals surface area contributed by atoms with E-state index in [1.54, 1.807) is 51.5 Å². The molecule has 0 aliphatic heterocycles. The molecule has 3 rings (SSSR count). The van der Waals surface area contributed by atoms with Crippen LogP contribution in [0.3, 0.4) is 0 Å². The SMILES string of the molecule is CN(C)C(=O)c1cc(-c2ccccc2)n(C)c(=O)c1CC(=O)c1ccccc1. The Labute approximate surface area is 163 Å². The molecule has 0 saturated carbocycles. The van der Waals surface area contributed by atoms with Crippen molar-refractivity contribution >= 4 is 11.7 Å². The molecule has 1 amide bonds. The molecule has 1 heterocycles. The molecule has 0 spiro atoms. The minimum absolute atomic E-state index is 0.124. The van der Waals surface area contributed by atoms with Crippen LogP contribution >= 0.6 is 0 Å². The third-order valence-corrected chi connectivity index (χ3v) is 4.67. The van der Waals surface area contributed by atoms with Gasteiger partial charge in [-0.3, -0.25) is 14.4 Å². The number of hydrogen-bond donors (Lipinski definition) is 0. The zero-order chi connectivity index (χ0) is 20.3. The second-order valence-corrected chi connectivity index (χ2v) is 6.82. The van der Waals surface area contributed by atoms with Gasteiger partial charge < -0.3 is 9.47 Å². The molecule has 5 nitrogen and oxygen atoms in total. The number of ketones is 1. The van der Waals surface area contributed by atoms with Crippen molar-refractivity contribution in [2.75, 3.05) is 14.1 Å². The Kier molecular flexibility index (Phi) is 5.54. The van der Waals surface area contributed by atoms with Crippen LogP contribution in [0.2, 0.25) is 0 Å². The van der Waals surface area contributed by atoms with Crippen LogP contribution in [-0.4, -0.2) is 35.3 Å². The molecule has 0 saturated heterocycles. The van der Waals surface area contributed by atoms with Crippen molar-refractivity contribution in [3.05, 3.63) is 93.8 Å². The van der Waals surface area contributed by atoms with Crippen molar-refractivity contribution in [1.82, 2.24) is 9.47 Å². The Morgan fingerprint density at radius 2 is 1.50 bits per heavy atom. The topological polar surface area (TPSA) is 59.4 Å². The molecule has 0 bridgehead atoms. The quantitative estimate of drug-likeness (QED) is 0.645. The summed E-state index contributed by atoms with van der Waals surface area (Å²) in [4.78, 5) is 40.0. The van der Waals surface area contributed by atoms with Crippen LogP contribution in [0.25, 0.3) is 11.3 Å². The maximum absolute atomic E-state index is 13.1. The van der Waals surface area contributed by atoms with Gasteiger partial charge in [-0.05, 0) is 11.6 Å². The Balaban J connectivity index is 2.16. The van der Waals surface area contributed by atoms with Crippen molar-refractivity contribution in [1.29, 1.82) is 0 Å². The number of Topliss-reactive ketones (excluding diaryl/α,β-unsaturated/α-hetero) is 1. The van der Waals surface area contributed by atoms with Gasteiger partial charge in [0.2, 0.25) is 0 Å². The number of nitrogens with zero attached hydrogens (tertiary/aromatic N) is 2. The van der Waals surface area contributed by atoms with E-state index in [1.807, 2.05) is 36.4 Å². The van der Waals surface area contributed by atoms with Gasteiger partial charge in [0.1, 0.15) is 0 Å². The van der Waals surface area contributed by atoms with E-state index in [-0.39, 0.29) is 34.8 Å². The lowest BCUT2D eigenvalue weighted by atomic mass is 9.97. The number of hydrogen-bond acceptors (Lipinski definition) is 3. The first-order chi connectivity index (χ1) is 13.4. The van der Waals surface area contributed by atoms with Crippen molar-refractivity contribution in [2.45, 2.75) is 6.42 Å². The molecular formula is C23H22N2O3. The lowest BCUT2D eigenvalue weighted by molar-refractivity contribution is 0.0826. The maximum atomic E-state index is 13.1. The summed E-state index contributed by atoms with van der Waals surface area (Å²) in [6.07, 6.45) is -0.124. The number of amides is 1. The van der Waals surface area contributed by atoms with Gasteiger partial charge in [0.25, 0.3) is 11.5 Å². The fourth-order valence-electron chi connectivity index (χ4n) is 3.12. The second-order valence-electron chi connectivity index (χ2n) is 6.82. The van der Waals surface area contributed by atoms with Crippen LogP contribution in [0.15, 0.2) is 71.5 Å². The van der Waals surface area contributed by atoms with Crippen LogP contribution in [0, 0.1) is 0 Å². The number of pyridine rings is 1. The van der Waals surface area contributed by atoms with E-state index in [9.17, 15) is 14.4 Å². The van der Waals surface area contributed by atoms with Gasteiger partial charge in [-0.1, -0.05) is 60.7 Å². The van der Waals surface area contributed by atoms with E-state index >= 15 is 0 Å². The van der Waals surface area contributed by atoms with Crippen LogP contribution in [0.1, 0.15) is 26.3 Å². The van der Waals surface area contributed by atoms with Gasteiger partial charge >= 0.3 is 0 Å². The molecule has 0 atom stereocenters. The summed E-state index contributed by atoms with van der Waals surface area (Å²) in [6.45, 7) is 0. The summed E-state index contributed by atoms with van der Waals surface area (Å²) >= 11 is 0. The molecule has 0 aliphatic rings. The van der Waals surface area contributed by atoms with E-state index in [0.29, 0.717) is 11.3 Å². The lowest BCUT2D eigenvalue weighted by Gasteiger charge is -2.18. The number of aromatic nitrogens is 1. The number of rotatable bonds is 5. The molecule has 3 aromatic rings. The normalized spacial score (nSPS) is 10.5. The number of carbonyl (C=O) groups excluding carboxylic acids is 2. The maximum Gasteiger partial charge on any atom is 0.255 e. The Bertz CT molecular complexity index is 1070. The van der Waals surface area contributed by atoms with Crippen molar-refractivity contribution in [3.8, 4) is 11.3 Å². The first-order valence-corrected chi connectivity index (χ1v) is 8.98. The summed E-state index contributed by atoms with van der Waals surface area (Å²) in [5, 5.41) is 0. The van der Waals surface area contributed by atoms with Gasteiger partial charge in [-0.25, -0.2) is 0 Å². The van der Waals surface area contributed by atoms with Gasteiger partial charge in [0.05, 0.1) is 11.3 Å². The monoisotopic (exact) mass is 374 g/mol. The highest BCUT2D eigenvalue weighted by atomic mass is 16.2. The molecule has 28 heavy (non-hydrogen) atoms. The largest absolute Gasteiger partial charge is 0.345 e. The molecule has 1 aromatic heterocycles. The zero-order valence-electron chi connectivity index (χ0n) is 16.2. The van der Waals surface area contributed by atoms with E-state index in [1.165, 1.54) is 9.47 Å². The molecule has 142 valence electrons. The van der Waals surface area contributed by atoms with Crippen molar-refractivity contribution < 1.29 is 9.59 Å². The number of benzene rings is 2. The zero-order valence-corrected chi connectivity index (χ0v) is 16.2. The molecule has 0 fully saturated rings. The molecule has 0 aliphatic carbocycles. The van der Waals surface area contributed by atoms with Crippen LogP contribution in [0.4, 0.5) is 0 Å². The average Bonchev–Trinajstić information content (AvgIpc) is 2.72. The van der Waals surface area contributed by atoms with Crippen LogP contribution in [-0.2, 0) is 13.5 Å². The lowest BCUT2D eigenvalue weighted by Crippen LogP contribution is -2.31. The average molecular weight is 374 g/mol. The molecule has 0 unspecified atom stereocenters. The highest BCUT2D eigenvalue weighted by Gasteiger charge is 2.22. The molecule has 0 N–H and O–H groups in total. The van der Waals surface area contributed by atoms with E-state index in [0.717, 1.165) is 5.56 Å². The second kappa shape index (κ2) is 8.05. The van der Waals surface area contributed by atoms with Crippen LogP contribution < -0.4 is 5.56 Å². The predicted octanol–water partition coefficient (Wildman–Crippen LogP) is 3.18. The van der Waals surface area contributed by atoms with Gasteiger partial charge in [-0.2, -0.15) is 0 Å². The van der Waals surface area contributed by atoms with Gasteiger partial charge in [0, 0.05) is 38.7 Å². The minimum atomic E-state index is -0.337. The molecule has 0 radical (unpaired) electrons. The smallest absolute Gasteiger partial charge is 0.255 e. The number of carbonyl (C=O) groups is 2. The summed E-state index contributed by atoms with van der Waals surface area (Å²) < 4.78 is 1.50. The summed E-state index contributed by atoms with van der Waals surface area (Å²) in [7, 11) is 4.92. The minimum Gasteiger partial charge on any atom is -0.345 e. The fraction of sp³-hybridized carbons (Fsp3) is 0.174. The summed E-state index contributed by atoms with van der Waals surface area (Å²) in [5.41, 5.74) is 2.12. The summed E-state index contributed by atoms with van der Waals surface area (Å²) in [6, 6.07) is 19.9. The van der Waals surface area contributed by atoms with Gasteiger partial charge in [-0.15, -0.1) is 0 Å². The predicted molar refractivity (Wildman–Crippen MR) is 110 cm³/mol. The standard InChI is InChI=1S/C23H22N2O3/c1-24(2)22(27)18-14-20(16-10-6-4-7-11-16)25(3)23(28)19(18)15-21(26)17-12-8-5-9-13-17/h4-14H,15H2,1-3H3. The first-order valence-electron chi connectivity index (χ1n) is 8.98. The van der Waals surface area contributed by atoms with E-state index in [4.69, 9.17) is 0 Å². The highest BCUT2D eigenvalue weighted by molar-refractivity contribution is 6.01. The third-order valence-electron chi connectivity index (χ3n) is 4.67. The molecular weight excluding hydrogens is 352 g/mol. The Morgan fingerprint density at radius 1 is 0.929 bits per heavy atom. The fourth-order valence-corrected chi connectivity index (χ4v) is 3.12. The first kappa shape index (κ1) is 19.3. The van der Waals surface area contributed by atoms with Gasteiger partial charge in [0.15, 0.2) is 5.78 Å². The Hall–Kier alpha value is -3.47. The van der Waals surface area contributed by atoms with Crippen molar-refractivity contribution in [3.63, 3.8) is 0 Å². The van der Waals surface area contributed by atoms with E-state index in [2.05, 4.69) is 0 Å². The molecule has 5 heteroatoms. The molecule has 2 aromatic carbocycles.